The van der Waals surface area contributed by atoms with Gasteiger partial charge in [0.2, 0.25) is 0 Å². The molecule has 1 aromatic heterocycles. The molecule has 7 heteroatoms. The van der Waals surface area contributed by atoms with Gasteiger partial charge in [0.1, 0.15) is 5.75 Å². The number of rotatable bonds is 6. The number of H-pyrrole nitrogens is 1. The van der Waals surface area contributed by atoms with Gasteiger partial charge in [0, 0.05) is 19.2 Å². The maximum absolute atomic E-state index is 12.7. The first-order chi connectivity index (χ1) is 13.4. The van der Waals surface area contributed by atoms with E-state index in [4.69, 9.17) is 0 Å². The van der Waals surface area contributed by atoms with Crippen molar-refractivity contribution in [1.82, 2.24) is 19.7 Å². The van der Waals surface area contributed by atoms with E-state index in [2.05, 4.69) is 23.2 Å². The van der Waals surface area contributed by atoms with E-state index in [-0.39, 0.29) is 23.0 Å². The number of hydrogen-bond acceptors (Lipinski definition) is 4. The summed E-state index contributed by atoms with van der Waals surface area (Å²) in [6.07, 6.45) is 1.89. The molecule has 0 aliphatic carbocycles. The summed E-state index contributed by atoms with van der Waals surface area (Å²) in [5.74, 6) is -0.0762. The number of aromatic nitrogens is 3. The molecule has 1 amide bonds. The van der Waals surface area contributed by atoms with E-state index in [1.54, 1.807) is 18.0 Å². The first-order valence-corrected chi connectivity index (χ1v) is 9.18. The topological polar surface area (TPSA) is 91.2 Å². The Kier molecular flexibility index (Phi) is 5.63. The Balaban J connectivity index is 2.08. The van der Waals surface area contributed by atoms with Crippen molar-refractivity contribution in [2.45, 2.75) is 26.7 Å². The van der Waals surface area contributed by atoms with Gasteiger partial charge >= 0.3 is 5.69 Å². The fraction of sp³-hybridized carbons (Fsp3) is 0.286. The molecule has 145 valence electrons. The van der Waals surface area contributed by atoms with Crippen molar-refractivity contribution in [1.29, 1.82) is 0 Å². The standard InChI is InChI=1S/C21H23N4O3/c1-4-5-12-24(3)20(27)15-10-11-18(26)16(13-15)19-22-23-21(28)25(19)17-9-7-6-8-14(17)2/h6-9,11,13,26H,4-5,12H2,1-3H3,(H,23,28). The molecule has 0 atom stereocenters. The van der Waals surface area contributed by atoms with E-state index >= 15 is 0 Å². The smallest absolute Gasteiger partial charge is 0.348 e. The third-order valence-electron chi connectivity index (χ3n) is 4.62. The number of hydrogen-bond donors (Lipinski definition) is 2. The van der Waals surface area contributed by atoms with Crippen LogP contribution in [0.1, 0.15) is 35.7 Å². The molecule has 0 spiro atoms. The summed E-state index contributed by atoms with van der Waals surface area (Å²) in [5, 5.41) is 16.9. The van der Waals surface area contributed by atoms with E-state index in [1.807, 2.05) is 25.1 Å². The molecule has 28 heavy (non-hydrogen) atoms. The highest BCUT2D eigenvalue weighted by molar-refractivity contribution is 5.95. The van der Waals surface area contributed by atoms with Crippen molar-refractivity contribution >= 4 is 5.91 Å². The highest BCUT2D eigenvalue weighted by atomic mass is 16.3. The zero-order valence-corrected chi connectivity index (χ0v) is 16.2. The van der Waals surface area contributed by atoms with E-state index in [0.717, 1.165) is 18.4 Å². The van der Waals surface area contributed by atoms with E-state index in [9.17, 15) is 14.7 Å². The predicted molar refractivity (Wildman–Crippen MR) is 107 cm³/mol. The number of amides is 1. The van der Waals surface area contributed by atoms with Crippen molar-refractivity contribution in [2.24, 2.45) is 0 Å². The Morgan fingerprint density at radius 3 is 2.82 bits per heavy atom. The van der Waals surface area contributed by atoms with Crippen molar-refractivity contribution in [3.05, 3.63) is 64.1 Å². The molecule has 1 heterocycles. The highest BCUT2D eigenvalue weighted by Gasteiger charge is 2.20. The minimum atomic E-state index is -0.426. The Bertz CT molecular complexity index is 1050. The molecule has 3 rings (SSSR count). The van der Waals surface area contributed by atoms with E-state index in [0.29, 0.717) is 17.8 Å². The maximum atomic E-state index is 12.7. The molecular weight excluding hydrogens is 356 g/mol. The van der Waals surface area contributed by atoms with Crippen molar-refractivity contribution in [3.8, 4) is 22.8 Å². The van der Waals surface area contributed by atoms with Crippen LogP contribution in [0.2, 0.25) is 0 Å². The number of para-hydroxylation sites is 1. The summed E-state index contributed by atoms with van der Waals surface area (Å²) < 4.78 is 1.39. The van der Waals surface area contributed by atoms with Crippen LogP contribution in [0.25, 0.3) is 17.1 Å². The van der Waals surface area contributed by atoms with Gasteiger partial charge in [0.05, 0.1) is 11.3 Å². The van der Waals surface area contributed by atoms with Crippen LogP contribution in [0.5, 0.6) is 5.75 Å². The summed E-state index contributed by atoms with van der Waals surface area (Å²) in [6, 6.07) is 13.0. The summed E-state index contributed by atoms with van der Waals surface area (Å²) in [4.78, 5) is 26.7. The molecule has 0 saturated carbocycles. The summed E-state index contributed by atoms with van der Waals surface area (Å²) in [6.45, 7) is 4.58. The quantitative estimate of drug-likeness (QED) is 0.689. The maximum Gasteiger partial charge on any atom is 0.348 e. The van der Waals surface area contributed by atoms with Gasteiger partial charge in [-0.1, -0.05) is 31.5 Å². The molecule has 0 bridgehead atoms. The van der Waals surface area contributed by atoms with Gasteiger partial charge in [-0.25, -0.2) is 14.5 Å². The molecule has 1 radical (unpaired) electrons. The van der Waals surface area contributed by atoms with Gasteiger partial charge in [0.15, 0.2) is 5.82 Å². The number of carbonyl (C=O) groups is 1. The minimum absolute atomic E-state index is 0.110. The van der Waals surface area contributed by atoms with Gasteiger partial charge in [-0.15, -0.1) is 0 Å². The average molecular weight is 379 g/mol. The van der Waals surface area contributed by atoms with Crippen LogP contribution in [0, 0.1) is 13.0 Å². The lowest BCUT2D eigenvalue weighted by Crippen LogP contribution is -2.27. The second-order valence-corrected chi connectivity index (χ2v) is 6.70. The lowest BCUT2D eigenvalue weighted by atomic mass is 10.1. The number of aromatic hydroxyl groups is 1. The summed E-state index contributed by atoms with van der Waals surface area (Å²) >= 11 is 0. The van der Waals surface area contributed by atoms with Crippen molar-refractivity contribution in [3.63, 3.8) is 0 Å². The summed E-state index contributed by atoms with van der Waals surface area (Å²) in [5.41, 5.74) is 1.69. The highest BCUT2D eigenvalue weighted by Crippen LogP contribution is 2.30. The number of aryl methyl sites for hydroxylation is 1. The van der Waals surface area contributed by atoms with Crippen LogP contribution < -0.4 is 5.69 Å². The van der Waals surface area contributed by atoms with Crippen LogP contribution in [0.4, 0.5) is 0 Å². The summed E-state index contributed by atoms with van der Waals surface area (Å²) in [7, 11) is 1.73. The molecule has 2 aromatic carbocycles. The Morgan fingerprint density at radius 1 is 1.36 bits per heavy atom. The van der Waals surface area contributed by atoms with Crippen LogP contribution in [-0.4, -0.2) is 44.3 Å². The fourth-order valence-electron chi connectivity index (χ4n) is 3.00. The van der Waals surface area contributed by atoms with Crippen LogP contribution >= 0.6 is 0 Å². The molecule has 7 nitrogen and oxygen atoms in total. The van der Waals surface area contributed by atoms with Gasteiger partial charge in [-0.05, 0) is 43.2 Å². The first kappa shape index (κ1) is 19.4. The van der Waals surface area contributed by atoms with Crippen molar-refractivity contribution in [2.75, 3.05) is 13.6 Å². The normalized spacial score (nSPS) is 10.8. The number of phenolic OH excluding ortho intramolecular Hbond substituents is 1. The van der Waals surface area contributed by atoms with Gasteiger partial charge < -0.3 is 10.0 Å². The molecule has 0 saturated heterocycles. The Labute approximate surface area is 163 Å². The van der Waals surface area contributed by atoms with Crippen LogP contribution in [0.3, 0.4) is 0 Å². The number of benzene rings is 2. The number of nitrogens with zero attached hydrogens (tertiary/aromatic N) is 3. The molecule has 0 unspecified atom stereocenters. The molecule has 0 fully saturated rings. The third-order valence-corrected chi connectivity index (χ3v) is 4.62. The SMILES string of the molecule is CCCCN(C)C(=O)c1[c]cc(O)c(-c2n[nH]c(=O)n2-c2ccccc2C)c1. The molecular formula is C21H23N4O3. The average Bonchev–Trinajstić information content (AvgIpc) is 3.07. The lowest BCUT2D eigenvalue weighted by molar-refractivity contribution is 0.0793. The molecule has 0 aliphatic rings. The van der Waals surface area contributed by atoms with Crippen LogP contribution in [0.15, 0.2) is 41.2 Å². The van der Waals surface area contributed by atoms with Gasteiger partial charge in [0.25, 0.3) is 5.91 Å². The lowest BCUT2D eigenvalue weighted by Gasteiger charge is -2.17. The minimum Gasteiger partial charge on any atom is -0.507 e. The molecule has 3 aromatic rings. The van der Waals surface area contributed by atoms with E-state index < -0.39 is 5.69 Å². The third kappa shape index (κ3) is 3.69. The molecule has 2 N–H and O–H groups in total. The van der Waals surface area contributed by atoms with Gasteiger partial charge in [-0.2, -0.15) is 5.10 Å². The molecule has 0 aliphatic heterocycles. The fourth-order valence-corrected chi connectivity index (χ4v) is 3.00. The van der Waals surface area contributed by atoms with Crippen LogP contribution in [-0.2, 0) is 0 Å². The number of aromatic amines is 1. The predicted octanol–water partition coefficient (Wildman–Crippen LogP) is 2.91. The zero-order valence-electron chi connectivity index (χ0n) is 16.2. The number of nitrogens with one attached hydrogen (secondary N) is 1. The van der Waals surface area contributed by atoms with E-state index in [1.165, 1.54) is 16.7 Å². The number of carbonyl (C=O) groups excluding carboxylic acids is 1. The Morgan fingerprint density at radius 2 is 2.11 bits per heavy atom. The second-order valence-electron chi connectivity index (χ2n) is 6.70. The monoisotopic (exact) mass is 379 g/mol. The van der Waals surface area contributed by atoms with Gasteiger partial charge in [-0.3, -0.25) is 4.79 Å². The number of unbranched alkanes of at least 4 members (excludes halogenated alkanes) is 1. The number of phenols is 1. The Hall–Kier alpha value is -3.35. The first-order valence-electron chi connectivity index (χ1n) is 9.18. The zero-order chi connectivity index (χ0) is 20.3. The largest absolute Gasteiger partial charge is 0.507 e. The second kappa shape index (κ2) is 8.12. The van der Waals surface area contributed by atoms with Crippen molar-refractivity contribution < 1.29 is 9.90 Å².